The van der Waals surface area contributed by atoms with Crippen molar-refractivity contribution >= 4 is 11.6 Å². The average molecular weight is 276 g/mol. The zero-order valence-electron chi connectivity index (χ0n) is 10.9. The number of carbonyl (C=O) groups excluding carboxylic acids is 1. The highest BCUT2D eigenvalue weighted by Crippen LogP contribution is 2.13. The summed E-state index contributed by atoms with van der Waals surface area (Å²) in [5.41, 5.74) is 8.06. The van der Waals surface area contributed by atoms with Crippen LogP contribution in [0.4, 0.5) is 14.5 Å². The predicted octanol–water partition coefficient (Wildman–Crippen LogP) is 2.79. The van der Waals surface area contributed by atoms with Gasteiger partial charge in [0.05, 0.1) is 0 Å². The van der Waals surface area contributed by atoms with Crippen LogP contribution in [-0.2, 0) is 6.54 Å². The number of rotatable bonds is 3. The Morgan fingerprint density at radius 3 is 2.55 bits per heavy atom. The molecule has 0 aliphatic carbocycles. The molecule has 0 aliphatic heterocycles. The standard InChI is InChI=1S/C15H14F2N2O/c1-9-2-4-11(7-14(9)18)15(20)19-8-10-3-5-12(16)13(17)6-10/h2-7H,8,18H2,1H3,(H,19,20). The lowest BCUT2D eigenvalue weighted by atomic mass is 10.1. The number of nitrogens with two attached hydrogens (primary N) is 1. The Balaban J connectivity index is 2.04. The third-order valence-corrected chi connectivity index (χ3v) is 2.98. The highest BCUT2D eigenvalue weighted by molar-refractivity contribution is 5.95. The summed E-state index contributed by atoms with van der Waals surface area (Å²) in [6.45, 7) is 1.96. The smallest absolute Gasteiger partial charge is 0.251 e. The summed E-state index contributed by atoms with van der Waals surface area (Å²) in [5.74, 6) is -2.16. The van der Waals surface area contributed by atoms with Crippen molar-refractivity contribution in [2.75, 3.05) is 5.73 Å². The molecule has 104 valence electrons. The molecule has 0 aliphatic rings. The summed E-state index contributed by atoms with van der Waals surface area (Å²) in [5, 5.41) is 2.62. The number of nitrogen functional groups attached to an aromatic ring is 1. The molecule has 20 heavy (non-hydrogen) atoms. The Kier molecular flexibility index (Phi) is 3.98. The highest BCUT2D eigenvalue weighted by atomic mass is 19.2. The van der Waals surface area contributed by atoms with Crippen molar-refractivity contribution < 1.29 is 13.6 Å². The molecule has 2 aromatic carbocycles. The third kappa shape index (κ3) is 3.12. The van der Waals surface area contributed by atoms with Crippen LogP contribution < -0.4 is 11.1 Å². The number of halogens is 2. The van der Waals surface area contributed by atoms with Gasteiger partial charge in [-0.25, -0.2) is 8.78 Å². The maximum absolute atomic E-state index is 13.0. The molecule has 0 radical (unpaired) electrons. The van der Waals surface area contributed by atoms with E-state index in [1.165, 1.54) is 6.07 Å². The lowest BCUT2D eigenvalue weighted by Crippen LogP contribution is -2.23. The van der Waals surface area contributed by atoms with Gasteiger partial charge in [-0.1, -0.05) is 12.1 Å². The first-order valence-corrected chi connectivity index (χ1v) is 6.05. The largest absolute Gasteiger partial charge is 0.398 e. The lowest BCUT2D eigenvalue weighted by molar-refractivity contribution is 0.0951. The lowest BCUT2D eigenvalue weighted by Gasteiger charge is -2.07. The molecule has 0 bridgehead atoms. The van der Waals surface area contributed by atoms with E-state index in [4.69, 9.17) is 5.73 Å². The number of hydrogen-bond acceptors (Lipinski definition) is 2. The monoisotopic (exact) mass is 276 g/mol. The van der Waals surface area contributed by atoms with Crippen molar-refractivity contribution in [3.63, 3.8) is 0 Å². The molecule has 0 aromatic heterocycles. The zero-order chi connectivity index (χ0) is 14.7. The summed E-state index contributed by atoms with van der Waals surface area (Å²) < 4.78 is 25.8. The SMILES string of the molecule is Cc1ccc(C(=O)NCc2ccc(F)c(F)c2)cc1N. The molecule has 2 aromatic rings. The molecule has 0 heterocycles. The molecule has 3 nitrogen and oxygen atoms in total. The van der Waals surface area contributed by atoms with Crippen molar-refractivity contribution in [3.8, 4) is 0 Å². The van der Waals surface area contributed by atoms with Crippen molar-refractivity contribution in [2.45, 2.75) is 13.5 Å². The van der Waals surface area contributed by atoms with Gasteiger partial charge in [-0.15, -0.1) is 0 Å². The van der Waals surface area contributed by atoms with E-state index in [9.17, 15) is 13.6 Å². The summed E-state index contributed by atoms with van der Waals surface area (Å²) in [6, 6.07) is 8.49. The van der Waals surface area contributed by atoms with Gasteiger partial charge in [0.15, 0.2) is 11.6 Å². The summed E-state index contributed by atoms with van der Waals surface area (Å²) >= 11 is 0. The van der Waals surface area contributed by atoms with E-state index >= 15 is 0 Å². The van der Waals surface area contributed by atoms with Crippen LogP contribution in [0.5, 0.6) is 0 Å². The second-order valence-corrected chi connectivity index (χ2v) is 4.50. The molecule has 0 saturated heterocycles. The summed E-state index contributed by atoms with van der Waals surface area (Å²) in [7, 11) is 0. The summed E-state index contributed by atoms with van der Waals surface area (Å²) in [6.07, 6.45) is 0. The van der Waals surface area contributed by atoms with Gasteiger partial charge in [0.2, 0.25) is 0 Å². The van der Waals surface area contributed by atoms with Crippen LogP contribution >= 0.6 is 0 Å². The van der Waals surface area contributed by atoms with Gasteiger partial charge in [-0.05, 0) is 42.3 Å². The Bertz CT molecular complexity index is 656. The minimum absolute atomic E-state index is 0.115. The molecule has 0 unspecified atom stereocenters. The number of nitrogens with one attached hydrogen (secondary N) is 1. The molecule has 0 fully saturated rings. The van der Waals surface area contributed by atoms with E-state index in [0.29, 0.717) is 16.8 Å². The number of benzene rings is 2. The molecule has 0 spiro atoms. The molecule has 0 saturated carbocycles. The van der Waals surface area contributed by atoms with Crippen LogP contribution in [0.15, 0.2) is 36.4 Å². The number of amides is 1. The Morgan fingerprint density at radius 1 is 1.15 bits per heavy atom. The molecule has 5 heteroatoms. The molecule has 3 N–H and O–H groups in total. The van der Waals surface area contributed by atoms with E-state index in [0.717, 1.165) is 17.7 Å². The van der Waals surface area contributed by atoms with Crippen LogP contribution in [0.2, 0.25) is 0 Å². The topological polar surface area (TPSA) is 55.1 Å². The van der Waals surface area contributed by atoms with E-state index in [1.807, 2.05) is 6.92 Å². The minimum atomic E-state index is -0.934. The quantitative estimate of drug-likeness (QED) is 0.847. The van der Waals surface area contributed by atoms with Crippen molar-refractivity contribution in [1.29, 1.82) is 0 Å². The number of anilines is 1. The van der Waals surface area contributed by atoms with Gasteiger partial charge in [0, 0.05) is 17.8 Å². The summed E-state index contributed by atoms with van der Waals surface area (Å²) in [4.78, 5) is 11.9. The zero-order valence-corrected chi connectivity index (χ0v) is 10.9. The molecule has 0 atom stereocenters. The van der Waals surface area contributed by atoms with Crippen molar-refractivity contribution in [2.24, 2.45) is 0 Å². The third-order valence-electron chi connectivity index (χ3n) is 2.98. The first-order chi connectivity index (χ1) is 9.47. The Hall–Kier alpha value is -2.43. The fourth-order valence-corrected chi connectivity index (χ4v) is 1.72. The van der Waals surface area contributed by atoms with E-state index in [1.54, 1.807) is 18.2 Å². The highest BCUT2D eigenvalue weighted by Gasteiger charge is 2.08. The van der Waals surface area contributed by atoms with E-state index in [2.05, 4.69) is 5.32 Å². The Morgan fingerprint density at radius 2 is 1.90 bits per heavy atom. The molecule has 1 amide bonds. The maximum Gasteiger partial charge on any atom is 0.251 e. The van der Waals surface area contributed by atoms with Crippen LogP contribution in [0, 0.1) is 18.6 Å². The van der Waals surface area contributed by atoms with Crippen LogP contribution in [0.25, 0.3) is 0 Å². The fraction of sp³-hybridized carbons (Fsp3) is 0.133. The van der Waals surface area contributed by atoms with Crippen molar-refractivity contribution in [3.05, 3.63) is 64.7 Å². The van der Waals surface area contributed by atoms with Gasteiger partial charge in [0.25, 0.3) is 5.91 Å². The van der Waals surface area contributed by atoms with Gasteiger partial charge < -0.3 is 11.1 Å². The van der Waals surface area contributed by atoms with Gasteiger partial charge in [-0.3, -0.25) is 4.79 Å². The van der Waals surface area contributed by atoms with Gasteiger partial charge >= 0.3 is 0 Å². The van der Waals surface area contributed by atoms with E-state index < -0.39 is 11.6 Å². The minimum Gasteiger partial charge on any atom is -0.398 e. The average Bonchev–Trinajstić information content (AvgIpc) is 2.43. The number of hydrogen-bond donors (Lipinski definition) is 2. The van der Waals surface area contributed by atoms with Crippen LogP contribution in [-0.4, -0.2) is 5.91 Å². The first-order valence-electron chi connectivity index (χ1n) is 6.05. The predicted molar refractivity (Wildman–Crippen MR) is 73.1 cm³/mol. The van der Waals surface area contributed by atoms with Crippen molar-refractivity contribution in [1.82, 2.24) is 5.32 Å². The second kappa shape index (κ2) is 5.69. The number of aryl methyl sites for hydroxylation is 1. The van der Waals surface area contributed by atoms with Gasteiger partial charge in [0.1, 0.15) is 0 Å². The van der Waals surface area contributed by atoms with E-state index in [-0.39, 0.29) is 12.5 Å². The second-order valence-electron chi connectivity index (χ2n) is 4.50. The molecule has 2 rings (SSSR count). The molecular formula is C15H14F2N2O. The van der Waals surface area contributed by atoms with Crippen LogP contribution in [0.1, 0.15) is 21.5 Å². The first kappa shape index (κ1) is 14.0. The number of carbonyl (C=O) groups is 1. The molecular weight excluding hydrogens is 262 g/mol. The van der Waals surface area contributed by atoms with Crippen LogP contribution in [0.3, 0.4) is 0 Å². The van der Waals surface area contributed by atoms with Gasteiger partial charge in [-0.2, -0.15) is 0 Å². The Labute approximate surface area is 115 Å². The normalized spacial score (nSPS) is 10.3. The maximum atomic E-state index is 13.0. The fourth-order valence-electron chi connectivity index (χ4n) is 1.72.